The van der Waals surface area contributed by atoms with Crippen molar-refractivity contribution in [2.75, 3.05) is 13.7 Å². The highest BCUT2D eigenvalue weighted by Crippen LogP contribution is 2.21. The molecule has 5 nitrogen and oxygen atoms in total. The molecule has 0 amide bonds. The van der Waals surface area contributed by atoms with Gasteiger partial charge in [-0.15, -0.1) is 0 Å². The lowest BCUT2D eigenvalue weighted by Crippen LogP contribution is -2.30. The fraction of sp³-hybridized carbons (Fsp3) is 0.238. The first-order valence-electron chi connectivity index (χ1n) is 8.59. The number of hydrogen-bond donors (Lipinski definition) is 1. The largest absolute Gasteiger partial charge is 0.469 e. The second-order valence-electron chi connectivity index (χ2n) is 6.09. The summed E-state index contributed by atoms with van der Waals surface area (Å²) in [6, 6.07) is 21.7. The first-order valence-corrected chi connectivity index (χ1v) is 8.59. The highest BCUT2D eigenvalue weighted by Gasteiger charge is 2.21. The van der Waals surface area contributed by atoms with Gasteiger partial charge in [-0.05, 0) is 5.56 Å². The summed E-state index contributed by atoms with van der Waals surface area (Å²) in [7, 11) is 1.41. The van der Waals surface area contributed by atoms with Gasteiger partial charge < -0.3 is 14.6 Å². The number of carbonyl (C=O) groups excluding carboxylic acids is 1. The molecule has 1 aromatic heterocycles. The highest BCUT2D eigenvalue weighted by atomic mass is 16.5. The van der Waals surface area contributed by atoms with Gasteiger partial charge in [-0.25, -0.2) is 0 Å². The van der Waals surface area contributed by atoms with Crippen LogP contribution in [0.25, 0.3) is 11.3 Å². The molecule has 1 N–H and O–H groups in total. The number of benzene rings is 2. The Kier molecular flexibility index (Phi) is 6.17. The zero-order valence-corrected chi connectivity index (χ0v) is 14.7. The predicted molar refractivity (Wildman–Crippen MR) is 99.3 cm³/mol. The van der Waals surface area contributed by atoms with Crippen molar-refractivity contribution in [2.24, 2.45) is 5.92 Å². The van der Waals surface area contributed by atoms with Crippen LogP contribution < -0.4 is 5.32 Å². The van der Waals surface area contributed by atoms with Gasteiger partial charge in [0.15, 0.2) is 5.76 Å². The first-order chi connectivity index (χ1) is 12.8. The summed E-state index contributed by atoms with van der Waals surface area (Å²) in [5.74, 6) is 0.119. The summed E-state index contributed by atoms with van der Waals surface area (Å²) in [5.41, 5.74) is 2.87. The summed E-state index contributed by atoms with van der Waals surface area (Å²) in [6.07, 6.45) is 0.463. The van der Waals surface area contributed by atoms with Gasteiger partial charge in [-0.3, -0.25) is 4.79 Å². The summed E-state index contributed by atoms with van der Waals surface area (Å²) in [6.45, 7) is 1.21. The molecule has 134 valence electrons. The molecule has 0 radical (unpaired) electrons. The van der Waals surface area contributed by atoms with Crippen LogP contribution in [-0.2, 0) is 22.5 Å². The Hall–Kier alpha value is -2.92. The minimum atomic E-state index is -0.322. The molecular formula is C21H22N2O3. The summed E-state index contributed by atoms with van der Waals surface area (Å²) < 4.78 is 10.4. The van der Waals surface area contributed by atoms with Crippen LogP contribution in [-0.4, -0.2) is 24.8 Å². The van der Waals surface area contributed by atoms with E-state index in [0.717, 1.165) is 11.3 Å². The van der Waals surface area contributed by atoms with E-state index in [9.17, 15) is 4.79 Å². The lowest BCUT2D eigenvalue weighted by atomic mass is 10.0. The third-order valence-corrected chi connectivity index (χ3v) is 4.17. The topological polar surface area (TPSA) is 64.4 Å². The minimum absolute atomic E-state index is 0.255. The van der Waals surface area contributed by atoms with Crippen molar-refractivity contribution in [3.05, 3.63) is 78.0 Å². The van der Waals surface area contributed by atoms with Crippen molar-refractivity contribution < 1.29 is 14.1 Å². The third-order valence-electron chi connectivity index (χ3n) is 4.17. The van der Waals surface area contributed by atoms with Gasteiger partial charge in [0.25, 0.3) is 0 Å². The highest BCUT2D eigenvalue weighted by molar-refractivity contribution is 5.73. The van der Waals surface area contributed by atoms with Crippen LogP contribution in [0.4, 0.5) is 0 Å². The van der Waals surface area contributed by atoms with Gasteiger partial charge in [0.1, 0.15) is 0 Å². The number of aromatic nitrogens is 1. The molecule has 1 atom stereocenters. The first kappa shape index (κ1) is 17.9. The molecule has 1 heterocycles. The molecule has 0 fully saturated rings. The monoisotopic (exact) mass is 350 g/mol. The molecule has 26 heavy (non-hydrogen) atoms. The fourth-order valence-electron chi connectivity index (χ4n) is 2.79. The quantitative estimate of drug-likeness (QED) is 0.630. The van der Waals surface area contributed by atoms with Crippen molar-refractivity contribution >= 4 is 5.97 Å². The van der Waals surface area contributed by atoms with Crippen molar-refractivity contribution in [3.63, 3.8) is 0 Å². The van der Waals surface area contributed by atoms with Gasteiger partial charge in [0.05, 0.1) is 18.7 Å². The van der Waals surface area contributed by atoms with E-state index in [-0.39, 0.29) is 11.9 Å². The molecule has 0 aliphatic rings. The minimum Gasteiger partial charge on any atom is -0.469 e. The van der Waals surface area contributed by atoms with Crippen molar-refractivity contribution in [3.8, 4) is 11.3 Å². The molecule has 0 spiro atoms. The number of methoxy groups -OCH3 is 1. The predicted octanol–water partition coefficient (Wildman–Crippen LogP) is 3.46. The average molecular weight is 350 g/mol. The normalized spacial score (nSPS) is 11.9. The van der Waals surface area contributed by atoms with E-state index in [2.05, 4.69) is 10.5 Å². The molecule has 3 rings (SSSR count). The lowest BCUT2D eigenvalue weighted by molar-refractivity contribution is -0.145. The fourth-order valence-corrected chi connectivity index (χ4v) is 2.79. The maximum Gasteiger partial charge on any atom is 0.310 e. The molecule has 1 unspecified atom stereocenters. The van der Waals surface area contributed by atoms with Crippen LogP contribution in [0.1, 0.15) is 11.3 Å². The summed E-state index contributed by atoms with van der Waals surface area (Å²) in [5, 5.41) is 7.42. The summed E-state index contributed by atoms with van der Waals surface area (Å²) >= 11 is 0. The number of hydrogen-bond acceptors (Lipinski definition) is 5. The van der Waals surface area contributed by atoms with E-state index < -0.39 is 0 Å². The third kappa shape index (κ3) is 4.80. The molecule has 0 aliphatic carbocycles. The van der Waals surface area contributed by atoms with Gasteiger partial charge in [0, 0.05) is 31.1 Å². The Morgan fingerprint density at radius 1 is 1.12 bits per heavy atom. The Morgan fingerprint density at radius 3 is 2.50 bits per heavy atom. The van der Waals surface area contributed by atoms with E-state index in [1.54, 1.807) is 0 Å². The Morgan fingerprint density at radius 2 is 1.81 bits per heavy atom. The van der Waals surface area contributed by atoms with Crippen LogP contribution >= 0.6 is 0 Å². The molecule has 0 saturated heterocycles. The van der Waals surface area contributed by atoms with E-state index in [4.69, 9.17) is 9.26 Å². The molecule has 5 heteroatoms. The van der Waals surface area contributed by atoms with Crippen molar-refractivity contribution in [2.45, 2.75) is 13.0 Å². The van der Waals surface area contributed by atoms with Gasteiger partial charge in [-0.2, -0.15) is 0 Å². The van der Waals surface area contributed by atoms with Crippen molar-refractivity contribution in [1.82, 2.24) is 10.5 Å². The number of rotatable bonds is 8. The smallest absolute Gasteiger partial charge is 0.310 e. The van der Waals surface area contributed by atoms with Crippen LogP contribution in [0, 0.1) is 5.92 Å². The van der Waals surface area contributed by atoms with E-state index in [1.807, 2.05) is 66.7 Å². The number of nitrogens with zero attached hydrogens (tertiary/aromatic N) is 1. The second kappa shape index (κ2) is 8.97. The van der Waals surface area contributed by atoms with Gasteiger partial charge in [-0.1, -0.05) is 65.8 Å². The van der Waals surface area contributed by atoms with Crippen LogP contribution in [0.15, 0.2) is 71.3 Å². The second-order valence-corrected chi connectivity index (χ2v) is 6.09. The number of ether oxygens (including phenoxy) is 1. The van der Waals surface area contributed by atoms with E-state index in [1.165, 1.54) is 12.7 Å². The van der Waals surface area contributed by atoms with Crippen LogP contribution in [0.2, 0.25) is 0 Å². The molecule has 0 aliphatic heterocycles. The van der Waals surface area contributed by atoms with Crippen LogP contribution in [0.5, 0.6) is 0 Å². The van der Waals surface area contributed by atoms with E-state index >= 15 is 0 Å². The maximum atomic E-state index is 12.1. The number of esters is 1. The molecule has 2 aromatic carbocycles. The van der Waals surface area contributed by atoms with Crippen molar-refractivity contribution in [1.29, 1.82) is 0 Å². The average Bonchev–Trinajstić information content (AvgIpc) is 3.17. The lowest BCUT2D eigenvalue weighted by Gasteiger charge is -2.14. The molecular weight excluding hydrogens is 328 g/mol. The molecule has 3 aromatic rings. The van der Waals surface area contributed by atoms with E-state index in [0.29, 0.717) is 25.3 Å². The Labute approximate surface area is 153 Å². The zero-order chi connectivity index (χ0) is 18.2. The summed E-state index contributed by atoms with van der Waals surface area (Å²) in [4.78, 5) is 12.1. The standard InChI is InChI=1S/C21H22N2O3/c1-25-21(24)18(15-22-14-16-8-4-2-5-9-16)12-19-13-20(26-23-19)17-10-6-3-7-11-17/h2-11,13,18,22H,12,14-15H2,1H3. The maximum absolute atomic E-state index is 12.1. The Balaban J connectivity index is 1.61. The zero-order valence-electron chi connectivity index (χ0n) is 14.7. The SMILES string of the molecule is COC(=O)C(CNCc1ccccc1)Cc1cc(-c2ccccc2)on1. The van der Waals surface area contributed by atoms with Gasteiger partial charge in [0.2, 0.25) is 0 Å². The molecule has 0 bridgehead atoms. The van der Waals surface area contributed by atoms with Gasteiger partial charge >= 0.3 is 5.97 Å². The number of carbonyl (C=O) groups is 1. The number of nitrogens with one attached hydrogen (secondary N) is 1. The Bertz CT molecular complexity index is 816. The molecule has 0 saturated carbocycles. The van der Waals surface area contributed by atoms with Crippen LogP contribution in [0.3, 0.4) is 0 Å².